The van der Waals surface area contributed by atoms with Gasteiger partial charge in [0, 0.05) is 24.2 Å². The first-order valence-corrected chi connectivity index (χ1v) is 10.0. The van der Waals surface area contributed by atoms with Crippen LogP contribution in [-0.4, -0.2) is 51.4 Å². The van der Waals surface area contributed by atoms with Crippen LogP contribution in [0.15, 0.2) is 17.5 Å². The molecule has 1 aliphatic heterocycles. The fraction of sp³-hybridized carbons (Fsp3) is 0.526. The number of carboxylic acid groups (broad SMARTS) is 1. The van der Waals surface area contributed by atoms with Gasteiger partial charge in [-0.25, -0.2) is 9.78 Å². The number of ether oxygens (including phenoxy) is 1. The zero-order chi connectivity index (χ0) is 19.1. The normalized spacial score (nSPS) is 27.4. The predicted octanol–water partition coefficient (Wildman–Crippen LogP) is 2.51. The molecule has 2 aromatic heterocycles. The molecule has 0 unspecified atom stereocenters. The molecule has 0 radical (unpaired) electrons. The van der Waals surface area contributed by atoms with Crippen molar-refractivity contribution in [3.63, 3.8) is 0 Å². The van der Waals surface area contributed by atoms with Crippen LogP contribution in [0.3, 0.4) is 0 Å². The van der Waals surface area contributed by atoms with Gasteiger partial charge in [0.2, 0.25) is 0 Å². The topological polar surface area (TPSA) is 95.8 Å². The Labute approximate surface area is 161 Å². The molecule has 0 bridgehead atoms. The van der Waals surface area contributed by atoms with Crippen molar-refractivity contribution in [3.8, 4) is 5.75 Å². The molecular weight excluding hydrogens is 366 g/mol. The van der Waals surface area contributed by atoms with Gasteiger partial charge in [0.05, 0.1) is 11.8 Å². The summed E-state index contributed by atoms with van der Waals surface area (Å²) in [6.45, 7) is 5.47. The summed E-state index contributed by atoms with van der Waals surface area (Å²) in [5.41, 5.74) is 1.87. The molecule has 0 spiro atoms. The van der Waals surface area contributed by atoms with Crippen LogP contribution in [-0.2, 0) is 0 Å². The Morgan fingerprint density at radius 1 is 1.22 bits per heavy atom. The van der Waals surface area contributed by atoms with Crippen molar-refractivity contribution in [2.24, 2.45) is 11.8 Å². The quantitative estimate of drug-likeness (QED) is 0.829. The van der Waals surface area contributed by atoms with Crippen molar-refractivity contribution in [2.45, 2.75) is 38.9 Å². The van der Waals surface area contributed by atoms with Gasteiger partial charge in [-0.15, -0.1) is 11.3 Å². The van der Waals surface area contributed by atoms with Gasteiger partial charge >= 0.3 is 5.97 Å². The number of rotatable bonds is 4. The first-order chi connectivity index (χ1) is 12.9. The van der Waals surface area contributed by atoms with Gasteiger partial charge in [0.15, 0.2) is 10.8 Å². The molecule has 1 saturated carbocycles. The van der Waals surface area contributed by atoms with Crippen LogP contribution in [0, 0.1) is 25.7 Å². The Bertz CT molecular complexity index is 855. The van der Waals surface area contributed by atoms with E-state index in [1.165, 1.54) is 11.3 Å². The lowest BCUT2D eigenvalue weighted by Gasteiger charge is -2.35. The smallest absolute Gasteiger partial charge is 0.355 e. The average Bonchev–Trinajstić information content (AvgIpc) is 3.24. The van der Waals surface area contributed by atoms with Gasteiger partial charge in [0.1, 0.15) is 11.9 Å². The van der Waals surface area contributed by atoms with E-state index in [1.54, 1.807) is 5.38 Å². The third-order valence-corrected chi connectivity index (χ3v) is 6.42. The molecule has 144 valence electrons. The largest absolute Gasteiger partial charge is 0.486 e. The molecule has 2 fully saturated rings. The lowest BCUT2D eigenvalue weighted by atomic mass is 9.78. The fourth-order valence-corrected chi connectivity index (χ4v) is 4.96. The number of aryl methyl sites for hydroxylation is 2. The van der Waals surface area contributed by atoms with E-state index in [9.17, 15) is 9.90 Å². The summed E-state index contributed by atoms with van der Waals surface area (Å²) in [4.78, 5) is 21.8. The maximum absolute atomic E-state index is 11.1. The Hall–Kier alpha value is -2.19. The molecule has 27 heavy (non-hydrogen) atoms. The molecule has 3 heterocycles. The summed E-state index contributed by atoms with van der Waals surface area (Å²) >= 11 is 1.36. The van der Waals surface area contributed by atoms with E-state index in [-0.39, 0.29) is 11.8 Å². The molecule has 4 rings (SSSR count). The molecule has 4 atom stereocenters. The summed E-state index contributed by atoms with van der Waals surface area (Å²) in [6, 6.07) is 3.83. The van der Waals surface area contributed by atoms with Gasteiger partial charge in [-0.2, -0.15) is 0 Å². The van der Waals surface area contributed by atoms with Crippen molar-refractivity contribution in [2.75, 3.05) is 18.0 Å². The highest BCUT2D eigenvalue weighted by molar-refractivity contribution is 7.13. The molecule has 8 heteroatoms. The van der Waals surface area contributed by atoms with Crippen LogP contribution < -0.4 is 9.64 Å². The van der Waals surface area contributed by atoms with E-state index >= 15 is 0 Å². The minimum atomic E-state index is -1.000. The summed E-state index contributed by atoms with van der Waals surface area (Å²) in [5, 5.41) is 22.0. The van der Waals surface area contributed by atoms with Crippen molar-refractivity contribution in [1.82, 2.24) is 9.97 Å². The number of fused-ring (bicyclic) bond motifs is 1. The van der Waals surface area contributed by atoms with E-state index in [0.717, 1.165) is 41.8 Å². The van der Waals surface area contributed by atoms with E-state index in [2.05, 4.69) is 14.9 Å². The molecule has 2 N–H and O–H groups in total. The zero-order valence-electron chi connectivity index (χ0n) is 15.3. The third-order valence-electron chi connectivity index (χ3n) is 5.52. The maximum atomic E-state index is 11.1. The second-order valence-corrected chi connectivity index (χ2v) is 8.31. The molecular formula is C19H23N3O4S. The summed E-state index contributed by atoms with van der Waals surface area (Å²) < 4.78 is 6.12. The zero-order valence-corrected chi connectivity index (χ0v) is 16.1. The number of aliphatic hydroxyl groups excluding tert-OH is 1. The number of thiazole rings is 1. The lowest BCUT2D eigenvalue weighted by molar-refractivity contribution is -0.0236. The van der Waals surface area contributed by atoms with E-state index in [0.29, 0.717) is 18.3 Å². The van der Waals surface area contributed by atoms with Gasteiger partial charge in [-0.05, 0) is 50.7 Å². The van der Waals surface area contributed by atoms with Crippen molar-refractivity contribution < 1.29 is 19.7 Å². The average molecular weight is 389 g/mol. The SMILES string of the molecule is Cc1ccc(O[C@@H]2C[C@@H]3CN(c4nc(C(=O)O)cs4)C[C@@H]3C[C@H]2O)c(C)n1. The Morgan fingerprint density at radius 3 is 2.63 bits per heavy atom. The second-order valence-electron chi connectivity index (χ2n) is 7.48. The number of aromatic nitrogens is 2. The molecule has 2 aliphatic rings. The van der Waals surface area contributed by atoms with Gasteiger partial charge < -0.3 is 19.8 Å². The first-order valence-electron chi connectivity index (χ1n) is 9.13. The number of carboxylic acids is 1. The van der Waals surface area contributed by atoms with Gasteiger partial charge in [-0.1, -0.05) is 0 Å². The fourth-order valence-electron chi connectivity index (χ4n) is 4.14. The van der Waals surface area contributed by atoms with Crippen LogP contribution in [0.1, 0.15) is 34.7 Å². The maximum Gasteiger partial charge on any atom is 0.355 e. The molecule has 2 aromatic rings. The highest BCUT2D eigenvalue weighted by Crippen LogP contribution is 2.40. The van der Waals surface area contributed by atoms with E-state index < -0.39 is 12.1 Å². The Morgan fingerprint density at radius 2 is 1.96 bits per heavy atom. The molecule has 1 aliphatic carbocycles. The second kappa shape index (κ2) is 7.09. The minimum absolute atomic E-state index is 0.0912. The van der Waals surface area contributed by atoms with E-state index in [4.69, 9.17) is 9.84 Å². The van der Waals surface area contributed by atoms with Gasteiger partial charge in [-0.3, -0.25) is 4.98 Å². The van der Waals surface area contributed by atoms with E-state index in [1.807, 2.05) is 26.0 Å². The van der Waals surface area contributed by atoms with Crippen LogP contribution in [0.2, 0.25) is 0 Å². The van der Waals surface area contributed by atoms with Crippen molar-refractivity contribution in [1.29, 1.82) is 0 Å². The number of carbonyl (C=O) groups is 1. The number of nitrogens with zero attached hydrogens (tertiary/aromatic N) is 3. The standard InChI is InChI=1S/C19H23N3O4S/c1-10-3-4-16(11(2)20-10)26-17-6-13-8-22(7-12(13)5-15(17)23)19-21-14(9-27-19)18(24)25/h3-4,9,12-13,15,17,23H,5-8H2,1-2H3,(H,24,25)/t12-,13+,15+,17+/m0/s1. The third kappa shape index (κ3) is 3.64. The van der Waals surface area contributed by atoms with Crippen LogP contribution >= 0.6 is 11.3 Å². The number of hydrogen-bond acceptors (Lipinski definition) is 7. The summed E-state index contributed by atoms with van der Waals surface area (Å²) in [7, 11) is 0. The summed E-state index contributed by atoms with van der Waals surface area (Å²) in [6.07, 6.45) is 0.687. The summed E-state index contributed by atoms with van der Waals surface area (Å²) in [5.74, 6) is 0.493. The number of aromatic carboxylic acids is 1. The van der Waals surface area contributed by atoms with Crippen LogP contribution in [0.5, 0.6) is 5.75 Å². The van der Waals surface area contributed by atoms with Crippen LogP contribution in [0.4, 0.5) is 5.13 Å². The molecule has 0 aromatic carbocycles. The number of hydrogen-bond donors (Lipinski definition) is 2. The first kappa shape index (κ1) is 18.2. The highest BCUT2D eigenvalue weighted by atomic mass is 32.1. The minimum Gasteiger partial charge on any atom is -0.486 e. The number of pyridine rings is 1. The van der Waals surface area contributed by atoms with Crippen LogP contribution in [0.25, 0.3) is 0 Å². The Kier molecular flexibility index (Phi) is 4.77. The Balaban J connectivity index is 1.44. The lowest BCUT2D eigenvalue weighted by Crippen LogP contribution is -2.42. The number of anilines is 1. The monoisotopic (exact) mass is 389 g/mol. The predicted molar refractivity (Wildman–Crippen MR) is 102 cm³/mol. The van der Waals surface area contributed by atoms with Crippen molar-refractivity contribution >= 4 is 22.4 Å². The number of aliphatic hydroxyl groups is 1. The van der Waals surface area contributed by atoms with Gasteiger partial charge in [0.25, 0.3) is 0 Å². The molecule has 0 amide bonds. The molecule has 1 saturated heterocycles. The molecule has 7 nitrogen and oxygen atoms in total. The van der Waals surface area contributed by atoms with Crippen molar-refractivity contribution in [3.05, 3.63) is 34.6 Å². The highest BCUT2D eigenvalue weighted by Gasteiger charge is 2.43.